The topological polar surface area (TPSA) is 72.6 Å². The summed E-state index contributed by atoms with van der Waals surface area (Å²) in [6.45, 7) is 0. The Labute approximate surface area is 127 Å². The van der Waals surface area contributed by atoms with E-state index < -0.39 is 10.0 Å². The summed E-state index contributed by atoms with van der Waals surface area (Å²) >= 11 is 5.88. The normalized spacial score (nSPS) is 13.3. The lowest BCUT2D eigenvalue weighted by molar-refractivity contribution is 0.607. The van der Waals surface area contributed by atoms with E-state index in [1.165, 1.54) is 0 Å². The van der Waals surface area contributed by atoms with Crippen molar-refractivity contribution < 1.29 is 8.42 Å². The van der Waals surface area contributed by atoms with Gasteiger partial charge in [0.05, 0.1) is 23.2 Å². The summed E-state index contributed by atoms with van der Waals surface area (Å²) < 4.78 is 25.5. The fraction of sp³-hybridized carbons (Fsp3) is 0.0714. The van der Waals surface area contributed by atoms with Crippen LogP contribution in [0.4, 0.5) is 11.4 Å². The van der Waals surface area contributed by atoms with Gasteiger partial charge in [-0.05, 0) is 24.3 Å². The second-order valence-electron chi connectivity index (χ2n) is 4.63. The molecular formula is C14H11ClN3O2S. The van der Waals surface area contributed by atoms with Gasteiger partial charge in [0.2, 0.25) is 10.0 Å². The molecule has 0 amide bonds. The smallest absolute Gasteiger partial charge is 0.229 e. The van der Waals surface area contributed by atoms with E-state index in [1.807, 2.05) is 12.1 Å². The van der Waals surface area contributed by atoms with Crippen molar-refractivity contribution in [3.05, 3.63) is 58.6 Å². The molecule has 21 heavy (non-hydrogen) atoms. The standard InChI is InChI=1S/C14H11ClN3O2S/c1-21(19,20)18-12-4-2-3-11-13(12)14(17-16-11)9-5-7-10(15)8-6-9/h2-8,18H,1H3. The molecule has 1 radical (unpaired) electrons. The summed E-state index contributed by atoms with van der Waals surface area (Å²) in [5, 5.41) is 4.78. The van der Waals surface area contributed by atoms with E-state index in [1.54, 1.807) is 30.3 Å². The first-order chi connectivity index (χ1) is 9.94. The number of hydrogen-bond donors (Lipinski definition) is 1. The molecule has 0 fully saturated rings. The minimum atomic E-state index is -3.38. The third-order valence-corrected chi connectivity index (χ3v) is 3.79. The van der Waals surface area contributed by atoms with Crippen molar-refractivity contribution in [1.82, 2.24) is 5.43 Å². The first-order valence-corrected chi connectivity index (χ1v) is 8.37. The molecule has 0 spiro atoms. The Kier molecular flexibility index (Phi) is 3.35. The van der Waals surface area contributed by atoms with Crippen molar-refractivity contribution in [3.63, 3.8) is 0 Å². The van der Waals surface area contributed by atoms with Gasteiger partial charge in [0.25, 0.3) is 0 Å². The zero-order valence-corrected chi connectivity index (χ0v) is 12.6. The highest BCUT2D eigenvalue weighted by Crippen LogP contribution is 2.32. The van der Waals surface area contributed by atoms with Gasteiger partial charge in [0.1, 0.15) is 5.71 Å². The number of halogens is 1. The van der Waals surface area contributed by atoms with Gasteiger partial charge in [0, 0.05) is 10.6 Å². The van der Waals surface area contributed by atoms with Crippen LogP contribution in [-0.4, -0.2) is 20.4 Å². The lowest BCUT2D eigenvalue weighted by atomic mass is 10.0. The third kappa shape index (κ3) is 2.86. The molecule has 3 rings (SSSR count). The van der Waals surface area contributed by atoms with Crippen LogP contribution in [0.1, 0.15) is 11.1 Å². The van der Waals surface area contributed by atoms with Crippen molar-refractivity contribution in [2.45, 2.75) is 0 Å². The number of fused-ring (bicyclic) bond motifs is 1. The SMILES string of the molecule is CS(=O)(=O)Nc1cccc2c1C(c1ccc(Cl)cc1)=N[N]2. The summed E-state index contributed by atoms with van der Waals surface area (Å²) in [5.41, 5.74) is 7.30. The molecule has 0 saturated heterocycles. The number of benzene rings is 2. The van der Waals surface area contributed by atoms with Crippen LogP contribution >= 0.6 is 11.6 Å². The highest BCUT2D eigenvalue weighted by atomic mass is 35.5. The predicted octanol–water partition coefficient (Wildman–Crippen LogP) is 2.71. The molecule has 1 N–H and O–H groups in total. The monoisotopic (exact) mass is 320 g/mol. The highest BCUT2D eigenvalue weighted by Gasteiger charge is 2.23. The Morgan fingerprint density at radius 3 is 2.48 bits per heavy atom. The van der Waals surface area contributed by atoms with Gasteiger partial charge in [-0.3, -0.25) is 4.72 Å². The van der Waals surface area contributed by atoms with E-state index in [0.717, 1.165) is 11.8 Å². The predicted molar refractivity (Wildman–Crippen MR) is 83.8 cm³/mol. The first kappa shape index (κ1) is 13.9. The average molecular weight is 321 g/mol. The van der Waals surface area contributed by atoms with Gasteiger partial charge in [-0.15, -0.1) is 10.5 Å². The van der Waals surface area contributed by atoms with E-state index in [2.05, 4.69) is 15.2 Å². The Hall–Kier alpha value is -2.05. The van der Waals surface area contributed by atoms with Gasteiger partial charge in [0.15, 0.2) is 0 Å². The van der Waals surface area contributed by atoms with Crippen LogP contribution in [-0.2, 0) is 10.0 Å². The highest BCUT2D eigenvalue weighted by molar-refractivity contribution is 7.92. The third-order valence-electron chi connectivity index (χ3n) is 2.95. The maximum atomic E-state index is 11.5. The Bertz CT molecular complexity index is 830. The molecule has 2 aromatic rings. The molecule has 1 aliphatic rings. The number of anilines is 1. The maximum absolute atomic E-state index is 11.5. The lowest BCUT2D eigenvalue weighted by Gasteiger charge is -2.10. The molecule has 2 aromatic carbocycles. The maximum Gasteiger partial charge on any atom is 0.229 e. The Balaban J connectivity index is 2.09. The quantitative estimate of drug-likeness (QED) is 0.944. The largest absolute Gasteiger partial charge is 0.283 e. The minimum absolute atomic E-state index is 0.463. The molecule has 1 aliphatic heterocycles. The second kappa shape index (κ2) is 5.05. The molecule has 5 nitrogen and oxygen atoms in total. The molecule has 0 bridgehead atoms. The molecule has 107 valence electrons. The zero-order valence-electron chi connectivity index (χ0n) is 11.0. The van der Waals surface area contributed by atoms with Crippen LogP contribution in [0, 0.1) is 0 Å². The van der Waals surface area contributed by atoms with Gasteiger partial charge in [-0.25, -0.2) is 8.42 Å². The summed E-state index contributed by atoms with van der Waals surface area (Å²) in [4.78, 5) is 0. The first-order valence-electron chi connectivity index (χ1n) is 6.10. The van der Waals surface area contributed by atoms with Crippen LogP contribution in [0.2, 0.25) is 5.02 Å². The van der Waals surface area contributed by atoms with Gasteiger partial charge < -0.3 is 0 Å². The zero-order chi connectivity index (χ0) is 15.0. The van der Waals surface area contributed by atoms with E-state index in [0.29, 0.717) is 27.7 Å². The van der Waals surface area contributed by atoms with Gasteiger partial charge >= 0.3 is 0 Å². The molecule has 7 heteroatoms. The van der Waals surface area contributed by atoms with Crippen LogP contribution in [0.25, 0.3) is 0 Å². The van der Waals surface area contributed by atoms with E-state index >= 15 is 0 Å². The van der Waals surface area contributed by atoms with Crippen molar-refractivity contribution in [3.8, 4) is 0 Å². The summed E-state index contributed by atoms with van der Waals surface area (Å²) in [5.74, 6) is 0. The fourth-order valence-electron chi connectivity index (χ4n) is 2.12. The second-order valence-corrected chi connectivity index (χ2v) is 6.81. The molecule has 0 unspecified atom stereocenters. The molecule has 0 atom stereocenters. The van der Waals surface area contributed by atoms with Crippen molar-refractivity contribution >= 4 is 38.7 Å². The molecule has 0 aliphatic carbocycles. The molecular weight excluding hydrogens is 310 g/mol. The molecule has 0 aromatic heterocycles. The Morgan fingerprint density at radius 2 is 1.81 bits per heavy atom. The van der Waals surface area contributed by atoms with Crippen LogP contribution in [0.5, 0.6) is 0 Å². The number of hydrogen-bond acceptors (Lipinski definition) is 3. The Morgan fingerprint density at radius 1 is 1.10 bits per heavy atom. The van der Waals surface area contributed by atoms with E-state index in [-0.39, 0.29) is 0 Å². The van der Waals surface area contributed by atoms with Crippen molar-refractivity contribution in [2.75, 3.05) is 11.0 Å². The summed E-state index contributed by atoms with van der Waals surface area (Å²) in [6, 6.07) is 12.4. The minimum Gasteiger partial charge on any atom is -0.283 e. The van der Waals surface area contributed by atoms with Crippen LogP contribution in [0.3, 0.4) is 0 Å². The van der Waals surface area contributed by atoms with Crippen molar-refractivity contribution in [2.24, 2.45) is 5.10 Å². The van der Waals surface area contributed by atoms with Crippen LogP contribution < -0.4 is 10.1 Å². The van der Waals surface area contributed by atoms with Crippen molar-refractivity contribution in [1.29, 1.82) is 0 Å². The molecule has 0 saturated carbocycles. The number of sulfonamides is 1. The summed E-state index contributed by atoms with van der Waals surface area (Å²) in [7, 11) is -3.38. The van der Waals surface area contributed by atoms with Gasteiger partial charge in [-0.2, -0.15) is 0 Å². The number of nitrogens with one attached hydrogen (secondary N) is 1. The average Bonchev–Trinajstić information content (AvgIpc) is 2.83. The number of rotatable bonds is 3. The van der Waals surface area contributed by atoms with E-state index in [9.17, 15) is 8.42 Å². The van der Waals surface area contributed by atoms with Crippen LogP contribution in [0.15, 0.2) is 47.6 Å². The summed E-state index contributed by atoms with van der Waals surface area (Å²) in [6.07, 6.45) is 1.11. The fourth-order valence-corrected chi connectivity index (χ4v) is 2.82. The lowest BCUT2D eigenvalue weighted by Crippen LogP contribution is -2.13. The molecule has 1 heterocycles. The van der Waals surface area contributed by atoms with Gasteiger partial charge in [-0.1, -0.05) is 29.8 Å². The number of nitrogens with zero attached hydrogens (tertiary/aromatic N) is 2. The van der Waals surface area contributed by atoms with E-state index in [4.69, 9.17) is 11.6 Å².